The van der Waals surface area contributed by atoms with Gasteiger partial charge in [-0.2, -0.15) is 0 Å². The Kier molecular flexibility index (Phi) is 4.10. The lowest BCUT2D eigenvalue weighted by atomic mass is 10.0. The molecule has 22 heavy (non-hydrogen) atoms. The molecule has 2 aliphatic heterocycles. The normalized spacial score (nSPS) is 25.9. The minimum Gasteiger partial charge on any atom is -0.507 e. The van der Waals surface area contributed by atoms with E-state index in [2.05, 4.69) is 11.9 Å². The molecule has 0 aromatic heterocycles. The van der Waals surface area contributed by atoms with Gasteiger partial charge in [-0.1, -0.05) is 0 Å². The van der Waals surface area contributed by atoms with Crippen molar-refractivity contribution in [2.75, 3.05) is 39.9 Å². The molecule has 1 amide bonds. The molecule has 2 heterocycles. The number of aromatic hydroxyl groups is 1. The Morgan fingerprint density at radius 1 is 1.18 bits per heavy atom. The van der Waals surface area contributed by atoms with E-state index in [4.69, 9.17) is 4.74 Å². The van der Waals surface area contributed by atoms with Gasteiger partial charge in [-0.25, -0.2) is 0 Å². The van der Waals surface area contributed by atoms with Crippen LogP contribution in [0.1, 0.15) is 21.5 Å². The van der Waals surface area contributed by atoms with E-state index in [0.29, 0.717) is 18.1 Å². The molecule has 2 atom stereocenters. The van der Waals surface area contributed by atoms with E-state index in [0.717, 1.165) is 37.4 Å². The van der Waals surface area contributed by atoms with E-state index in [9.17, 15) is 9.90 Å². The third-order valence-electron chi connectivity index (χ3n) is 4.65. The Morgan fingerprint density at radius 3 is 2.55 bits per heavy atom. The van der Waals surface area contributed by atoms with Crippen LogP contribution < -0.4 is 0 Å². The summed E-state index contributed by atoms with van der Waals surface area (Å²) in [4.78, 5) is 17.2. The fourth-order valence-electron chi connectivity index (χ4n) is 3.57. The van der Waals surface area contributed by atoms with Crippen LogP contribution in [0.2, 0.25) is 0 Å². The van der Waals surface area contributed by atoms with Gasteiger partial charge in [-0.15, -0.1) is 0 Å². The molecule has 1 N–H and O–H groups in total. The maximum atomic E-state index is 13.0. The van der Waals surface area contributed by atoms with E-state index < -0.39 is 0 Å². The number of benzene rings is 1. The summed E-state index contributed by atoms with van der Waals surface area (Å²) in [5.74, 6) is 0.678. The molecule has 2 fully saturated rings. The summed E-state index contributed by atoms with van der Waals surface area (Å²) < 4.78 is 5.73. The lowest BCUT2D eigenvalue weighted by molar-refractivity contribution is 0.0483. The molecule has 0 saturated carbocycles. The molecule has 2 saturated heterocycles. The smallest absolute Gasteiger partial charge is 0.254 e. The van der Waals surface area contributed by atoms with Gasteiger partial charge in [0.25, 0.3) is 5.91 Å². The molecule has 0 spiro atoms. The lowest BCUT2D eigenvalue weighted by Crippen LogP contribution is -2.46. The van der Waals surface area contributed by atoms with Crippen LogP contribution in [-0.2, 0) is 4.74 Å². The zero-order valence-corrected chi connectivity index (χ0v) is 13.5. The second-order valence-corrected chi connectivity index (χ2v) is 6.69. The minimum atomic E-state index is 0.0435. The second-order valence-electron chi connectivity index (χ2n) is 6.69. The topological polar surface area (TPSA) is 53.0 Å². The maximum Gasteiger partial charge on any atom is 0.254 e. The molecule has 0 aliphatic carbocycles. The average molecular weight is 304 g/mol. The number of phenolic OH excluding ortho intramolecular Hbond substituents is 1. The number of carbonyl (C=O) groups excluding carboxylic acids is 1. The van der Waals surface area contributed by atoms with Crippen molar-refractivity contribution in [3.63, 3.8) is 0 Å². The molecule has 2 aliphatic rings. The molecule has 0 radical (unpaired) electrons. The molecule has 3 rings (SSSR count). The van der Waals surface area contributed by atoms with E-state index in [1.165, 1.54) is 0 Å². The number of fused-ring (bicyclic) bond motifs is 3. The highest BCUT2D eigenvalue weighted by Gasteiger charge is 2.35. The number of ether oxygens (including phenoxy) is 1. The van der Waals surface area contributed by atoms with Crippen LogP contribution in [0.25, 0.3) is 0 Å². The number of nitrogens with zero attached hydrogens (tertiary/aromatic N) is 2. The minimum absolute atomic E-state index is 0.0435. The van der Waals surface area contributed by atoms with Gasteiger partial charge in [0.05, 0.1) is 19.3 Å². The molecular formula is C17H24N2O3. The van der Waals surface area contributed by atoms with E-state index in [1.807, 2.05) is 18.7 Å². The van der Waals surface area contributed by atoms with Crippen molar-refractivity contribution >= 4 is 5.91 Å². The van der Waals surface area contributed by atoms with E-state index in [1.54, 1.807) is 12.1 Å². The standard InChI is InChI=1S/C17H24N2O3/c1-11-4-14(5-12(2)16(11)20)17(21)19-7-13-6-18(3)8-15(19)10-22-9-13/h4-5,13,15,20H,6-10H2,1-3H3/t13-,15-/m0/s1. The lowest BCUT2D eigenvalue weighted by Gasteiger charge is -2.30. The van der Waals surface area contributed by atoms with Crippen LogP contribution in [0.4, 0.5) is 0 Å². The number of hydrogen-bond donors (Lipinski definition) is 1. The average Bonchev–Trinajstić information content (AvgIpc) is 2.73. The first-order valence-corrected chi connectivity index (χ1v) is 7.83. The molecule has 0 unspecified atom stereocenters. The van der Waals surface area contributed by atoms with Crippen molar-refractivity contribution in [1.29, 1.82) is 0 Å². The van der Waals surface area contributed by atoms with Crippen molar-refractivity contribution in [3.05, 3.63) is 28.8 Å². The summed E-state index contributed by atoms with van der Waals surface area (Å²) in [6, 6.07) is 3.66. The van der Waals surface area contributed by atoms with Crippen LogP contribution in [0.3, 0.4) is 0 Å². The van der Waals surface area contributed by atoms with Gasteiger partial charge in [0.15, 0.2) is 0 Å². The summed E-state index contributed by atoms with van der Waals surface area (Å²) in [7, 11) is 2.11. The van der Waals surface area contributed by atoms with Gasteiger partial charge in [-0.3, -0.25) is 4.79 Å². The highest BCUT2D eigenvalue weighted by Crippen LogP contribution is 2.26. The Hall–Kier alpha value is -1.59. The van der Waals surface area contributed by atoms with Gasteiger partial charge >= 0.3 is 0 Å². The van der Waals surface area contributed by atoms with Crippen LogP contribution in [0, 0.1) is 19.8 Å². The molecular weight excluding hydrogens is 280 g/mol. The van der Waals surface area contributed by atoms with Gasteiger partial charge < -0.3 is 19.6 Å². The number of rotatable bonds is 1. The summed E-state index contributed by atoms with van der Waals surface area (Å²) in [5, 5.41) is 9.90. The quantitative estimate of drug-likeness (QED) is 0.852. The number of carbonyl (C=O) groups is 1. The van der Waals surface area contributed by atoms with E-state index >= 15 is 0 Å². The fraction of sp³-hybridized carbons (Fsp3) is 0.588. The van der Waals surface area contributed by atoms with Crippen molar-refractivity contribution in [3.8, 4) is 5.75 Å². The zero-order valence-electron chi connectivity index (χ0n) is 13.5. The van der Waals surface area contributed by atoms with Gasteiger partial charge in [0.2, 0.25) is 0 Å². The number of likely N-dealkylation sites (N-methyl/N-ethyl adjacent to an activating group) is 1. The van der Waals surface area contributed by atoms with Gasteiger partial charge in [0, 0.05) is 31.1 Å². The summed E-state index contributed by atoms with van der Waals surface area (Å²) in [5.41, 5.74) is 2.15. The second kappa shape index (κ2) is 5.89. The number of phenols is 1. The van der Waals surface area contributed by atoms with Gasteiger partial charge in [-0.05, 0) is 44.2 Å². The maximum absolute atomic E-state index is 13.0. The molecule has 120 valence electrons. The Balaban J connectivity index is 1.91. The Morgan fingerprint density at radius 2 is 1.86 bits per heavy atom. The predicted octanol–water partition coefficient (Wildman–Crippen LogP) is 1.41. The third-order valence-corrected chi connectivity index (χ3v) is 4.65. The first-order valence-electron chi connectivity index (χ1n) is 7.83. The third kappa shape index (κ3) is 2.83. The van der Waals surface area contributed by atoms with Crippen LogP contribution in [-0.4, -0.2) is 66.8 Å². The first-order chi connectivity index (χ1) is 10.5. The molecule has 1 aromatic carbocycles. The number of amides is 1. The molecule has 2 bridgehead atoms. The van der Waals surface area contributed by atoms with Crippen molar-refractivity contribution in [2.45, 2.75) is 19.9 Å². The van der Waals surface area contributed by atoms with Gasteiger partial charge in [0.1, 0.15) is 5.75 Å². The highest BCUT2D eigenvalue weighted by atomic mass is 16.5. The number of hydrogen-bond acceptors (Lipinski definition) is 4. The number of aryl methyl sites for hydroxylation is 2. The van der Waals surface area contributed by atoms with Crippen LogP contribution in [0.5, 0.6) is 5.75 Å². The monoisotopic (exact) mass is 304 g/mol. The van der Waals surface area contributed by atoms with Crippen LogP contribution >= 0.6 is 0 Å². The van der Waals surface area contributed by atoms with Crippen LogP contribution in [0.15, 0.2) is 12.1 Å². The largest absolute Gasteiger partial charge is 0.507 e. The molecule has 1 aromatic rings. The summed E-state index contributed by atoms with van der Waals surface area (Å²) >= 11 is 0. The van der Waals surface area contributed by atoms with Crippen molar-refractivity contribution in [1.82, 2.24) is 9.80 Å². The summed E-state index contributed by atoms with van der Waals surface area (Å²) in [6.45, 7) is 7.54. The Labute approximate surface area is 131 Å². The molecule has 5 heteroatoms. The Bertz CT molecular complexity index is 564. The zero-order chi connectivity index (χ0) is 15.9. The van der Waals surface area contributed by atoms with E-state index in [-0.39, 0.29) is 17.7 Å². The predicted molar refractivity (Wildman–Crippen MR) is 84.2 cm³/mol. The molecule has 5 nitrogen and oxygen atoms in total. The van der Waals surface area contributed by atoms with Crippen molar-refractivity contribution < 1.29 is 14.6 Å². The fourth-order valence-corrected chi connectivity index (χ4v) is 3.57. The SMILES string of the molecule is Cc1cc(C(=O)N2C[C@H]3COC[C@@H]2CN(C)C3)cc(C)c1O. The first kappa shape index (κ1) is 15.3. The highest BCUT2D eigenvalue weighted by molar-refractivity contribution is 5.95. The summed E-state index contributed by atoms with van der Waals surface area (Å²) in [6.07, 6.45) is 0. The van der Waals surface area contributed by atoms with Crippen molar-refractivity contribution in [2.24, 2.45) is 5.92 Å².